The van der Waals surface area contributed by atoms with E-state index in [1.807, 2.05) is 13.8 Å². The molecule has 1 rings (SSSR count). The molecule has 0 aromatic heterocycles. The van der Waals surface area contributed by atoms with E-state index in [1.54, 1.807) is 12.1 Å². The number of hydrogen-bond donors (Lipinski definition) is 1. The van der Waals surface area contributed by atoms with Crippen LogP contribution in [-0.2, 0) is 0 Å². The summed E-state index contributed by atoms with van der Waals surface area (Å²) in [5, 5.41) is 19.8. The number of quaternary nitrogens is 1. The van der Waals surface area contributed by atoms with Gasteiger partial charge in [-0.15, -0.1) is 0 Å². The zero-order valence-electron chi connectivity index (χ0n) is 6.85. The molecule has 1 aromatic rings. The maximum Gasteiger partial charge on any atom is 0.131 e. The molecule has 1 N–H and O–H groups in total. The summed E-state index contributed by atoms with van der Waals surface area (Å²) >= 11 is 3.35. The first-order valence-corrected chi connectivity index (χ1v) is 4.29. The van der Waals surface area contributed by atoms with Gasteiger partial charge in [0.1, 0.15) is 5.69 Å². The highest BCUT2D eigenvalue weighted by atomic mass is 79.9. The van der Waals surface area contributed by atoms with Gasteiger partial charge in [0.05, 0.1) is 0 Å². The molecular weight excluding hydrogens is 222 g/mol. The fraction of sp³-hybridized carbons (Fsp3) is 0.250. The van der Waals surface area contributed by atoms with Gasteiger partial charge in [0.25, 0.3) is 0 Å². The van der Waals surface area contributed by atoms with E-state index in [2.05, 4.69) is 15.9 Å². The number of hydrogen-bond acceptors (Lipinski definition) is 2. The van der Waals surface area contributed by atoms with Crippen LogP contribution in [0.1, 0.15) is 11.1 Å². The van der Waals surface area contributed by atoms with Crippen molar-refractivity contribution in [3.05, 3.63) is 38.1 Å². The standard InChI is InChI=1S/C8H9BrNO2/c1-5-3-7(10(11)12)4-6(2)8(5)9/h3-4,10H,1-2H3/q-1. The van der Waals surface area contributed by atoms with Crippen molar-refractivity contribution in [2.75, 3.05) is 0 Å². The number of halogens is 1. The quantitative estimate of drug-likeness (QED) is 0.746. The third-order valence-corrected chi connectivity index (χ3v) is 2.92. The summed E-state index contributed by atoms with van der Waals surface area (Å²) in [6, 6.07) is 3.18. The lowest BCUT2D eigenvalue weighted by molar-refractivity contribution is -0.715. The Bertz CT molecular complexity index is 276. The normalized spacial score (nSPS) is 10.8. The molecule has 0 heterocycles. The van der Waals surface area contributed by atoms with Crippen LogP contribution >= 0.6 is 15.9 Å². The minimum atomic E-state index is -1.13. The molecule has 0 aliphatic rings. The average Bonchev–Trinajstić information content (AvgIpc) is 1.99. The van der Waals surface area contributed by atoms with Gasteiger partial charge < -0.3 is 15.6 Å². The van der Waals surface area contributed by atoms with Crippen molar-refractivity contribution in [2.24, 2.45) is 0 Å². The summed E-state index contributed by atoms with van der Waals surface area (Å²) in [7, 11) is 0. The number of rotatable bonds is 1. The largest absolute Gasteiger partial charge is 0.628 e. The van der Waals surface area contributed by atoms with Gasteiger partial charge in [-0.25, -0.2) is 0 Å². The molecule has 3 nitrogen and oxygen atoms in total. The first kappa shape index (κ1) is 9.67. The summed E-state index contributed by atoms with van der Waals surface area (Å²) in [6.07, 6.45) is 0. The van der Waals surface area contributed by atoms with Gasteiger partial charge in [-0.3, -0.25) is 0 Å². The fourth-order valence-electron chi connectivity index (χ4n) is 1.06. The summed E-state index contributed by atoms with van der Waals surface area (Å²) in [4.78, 5) is 0. The Balaban J connectivity index is 3.21. The molecule has 0 aliphatic heterocycles. The van der Waals surface area contributed by atoms with Gasteiger partial charge in [-0.2, -0.15) is 0 Å². The van der Waals surface area contributed by atoms with Crippen molar-refractivity contribution in [3.63, 3.8) is 0 Å². The Hall–Kier alpha value is -0.420. The molecule has 0 radical (unpaired) electrons. The van der Waals surface area contributed by atoms with E-state index in [1.165, 1.54) is 0 Å². The molecule has 66 valence electrons. The van der Waals surface area contributed by atoms with Gasteiger partial charge in [0.2, 0.25) is 0 Å². The van der Waals surface area contributed by atoms with E-state index in [0.29, 0.717) is 0 Å². The third-order valence-electron chi connectivity index (χ3n) is 1.67. The summed E-state index contributed by atoms with van der Waals surface area (Å²) < 4.78 is 0.951. The first-order chi connectivity index (χ1) is 5.52. The Labute approximate surface area is 79.3 Å². The first-order valence-electron chi connectivity index (χ1n) is 3.50. The second-order valence-electron chi connectivity index (χ2n) is 2.71. The van der Waals surface area contributed by atoms with Crippen LogP contribution in [0.15, 0.2) is 16.6 Å². The van der Waals surface area contributed by atoms with Crippen molar-refractivity contribution in [1.29, 1.82) is 0 Å². The molecule has 0 saturated carbocycles. The molecule has 0 amide bonds. The molecule has 0 saturated heterocycles. The van der Waals surface area contributed by atoms with Crippen molar-refractivity contribution in [3.8, 4) is 0 Å². The zero-order valence-corrected chi connectivity index (χ0v) is 8.44. The summed E-state index contributed by atoms with van der Waals surface area (Å²) in [5.74, 6) is 0. The fourth-order valence-corrected chi connectivity index (χ4v) is 1.29. The van der Waals surface area contributed by atoms with Crippen LogP contribution in [-0.4, -0.2) is 0 Å². The molecule has 1 aromatic carbocycles. The third kappa shape index (κ3) is 1.84. The SMILES string of the molecule is Cc1cc([NH+]([O-])[O-])cc(C)c1Br. The molecule has 0 aliphatic carbocycles. The predicted molar refractivity (Wildman–Crippen MR) is 51.0 cm³/mol. The van der Waals surface area contributed by atoms with E-state index in [9.17, 15) is 10.4 Å². The predicted octanol–water partition coefficient (Wildman–Crippen LogP) is 1.58. The lowest BCUT2D eigenvalue weighted by atomic mass is 10.1. The van der Waals surface area contributed by atoms with Crippen molar-refractivity contribution < 1.29 is 5.23 Å². The van der Waals surface area contributed by atoms with E-state index in [-0.39, 0.29) is 5.69 Å². The van der Waals surface area contributed by atoms with Gasteiger partial charge >= 0.3 is 0 Å². The van der Waals surface area contributed by atoms with Crippen LogP contribution in [0.4, 0.5) is 5.69 Å². The minimum absolute atomic E-state index is 0.230. The number of nitrogens with one attached hydrogen (secondary N) is 1. The highest BCUT2D eigenvalue weighted by Gasteiger charge is 2.03. The maximum atomic E-state index is 10.5. The molecular formula is C8H9BrNO2-. The average molecular weight is 231 g/mol. The van der Waals surface area contributed by atoms with Gasteiger partial charge in [-0.1, -0.05) is 15.9 Å². The minimum Gasteiger partial charge on any atom is -0.628 e. The second kappa shape index (κ2) is 3.53. The topological polar surface area (TPSA) is 50.6 Å². The molecule has 0 spiro atoms. The van der Waals surface area contributed by atoms with Gasteiger partial charge in [0, 0.05) is 16.6 Å². The number of aryl methyl sites for hydroxylation is 2. The Kier molecular flexibility index (Phi) is 2.85. The van der Waals surface area contributed by atoms with Crippen LogP contribution < -0.4 is 5.23 Å². The lowest BCUT2D eigenvalue weighted by Gasteiger charge is -2.25. The summed E-state index contributed by atoms with van der Waals surface area (Å²) in [6.45, 7) is 3.70. The summed E-state index contributed by atoms with van der Waals surface area (Å²) in [5.41, 5.74) is 2.05. The van der Waals surface area contributed by atoms with E-state index in [4.69, 9.17) is 0 Å². The van der Waals surface area contributed by atoms with E-state index >= 15 is 0 Å². The Morgan fingerprint density at radius 3 is 1.92 bits per heavy atom. The monoisotopic (exact) mass is 230 g/mol. The van der Waals surface area contributed by atoms with E-state index in [0.717, 1.165) is 15.6 Å². The van der Waals surface area contributed by atoms with Crippen LogP contribution in [0.3, 0.4) is 0 Å². The van der Waals surface area contributed by atoms with Crippen LogP contribution in [0.2, 0.25) is 0 Å². The highest BCUT2D eigenvalue weighted by molar-refractivity contribution is 9.10. The molecule has 0 unspecified atom stereocenters. The molecule has 4 heteroatoms. The van der Waals surface area contributed by atoms with Crippen molar-refractivity contribution >= 4 is 21.6 Å². The van der Waals surface area contributed by atoms with Crippen molar-refractivity contribution in [1.82, 2.24) is 0 Å². The lowest BCUT2D eigenvalue weighted by Crippen LogP contribution is -2.96. The smallest absolute Gasteiger partial charge is 0.131 e. The molecule has 0 fully saturated rings. The number of benzene rings is 1. The van der Waals surface area contributed by atoms with Crippen LogP contribution in [0.25, 0.3) is 0 Å². The highest BCUT2D eigenvalue weighted by Crippen LogP contribution is 2.23. The van der Waals surface area contributed by atoms with Crippen LogP contribution in [0.5, 0.6) is 0 Å². The molecule has 0 atom stereocenters. The van der Waals surface area contributed by atoms with Crippen LogP contribution in [0, 0.1) is 24.3 Å². The Morgan fingerprint density at radius 1 is 1.17 bits per heavy atom. The van der Waals surface area contributed by atoms with Gasteiger partial charge in [-0.05, 0) is 25.0 Å². The zero-order chi connectivity index (χ0) is 9.30. The van der Waals surface area contributed by atoms with E-state index < -0.39 is 5.23 Å². The molecule has 12 heavy (non-hydrogen) atoms. The second-order valence-corrected chi connectivity index (χ2v) is 3.50. The van der Waals surface area contributed by atoms with Crippen molar-refractivity contribution in [2.45, 2.75) is 13.8 Å². The molecule has 0 bridgehead atoms. The van der Waals surface area contributed by atoms with Gasteiger partial charge in [0.15, 0.2) is 0 Å². The Morgan fingerprint density at radius 2 is 1.58 bits per heavy atom. The maximum absolute atomic E-state index is 10.5.